The molecule has 0 saturated heterocycles. The van der Waals surface area contributed by atoms with E-state index in [0.29, 0.717) is 11.1 Å². The van der Waals surface area contributed by atoms with Crippen LogP contribution in [0.3, 0.4) is 0 Å². The molecule has 156 valence electrons. The summed E-state index contributed by atoms with van der Waals surface area (Å²) in [5, 5.41) is 9.57. The zero-order chi connectivity index (χ0) is 21.5. The lowest BCUT2D eigenvalue weighted by molar-refractivity contribution is -0.147. The first-order valence-electron chi connectivity index (χ1n) is 9.51. The Morgan fingerprint density at radius 3 is 2.17 bits per heavy atom. The summed E-state index contributed by atoms with van der Waals surface area (Å²) in [6.07, 6.45) is 0.105. The molecule has 3 nitrogen and oxygen atoms in total. The molecule has 6 heteroatoms. The van der Waals surface area contributed by atoms with E-state index < -0.39 is 35.3 Å². The summed E-state index contributed by atoms with van der Waals surface area (Å²) in [6.45, 7) is -0.256. The van der Waals surface area contributed by atoms with Crippen LogP contribution < -0.4 is 0 Å². The first-order valence-corrected chi connectivity index (χ1v) is 9.51. The fourth-order valence-electron chi connectivity index (χ4n) is 3.43. The molecule has 2 atom stereocenters. The fourth-order valence-corrected chi connectivity index (χ4v) is 3.43. The van der Waals surface area contributed by atoms with Gasteiger partial charge in [0.2, 0.25) is 0 Å². The zero-order valence-corrected chi connectivity index (χ0v) is 16.1. The zero-order valence-electron chi connectivity index (χ0n) is 16.1. The Bertz CT molecular complexity index is 975. The standard InChI is InChI=1S/C24H21F3O3/c25-19-9-6-17(7-10-19)23(24(29)30-15-16-4-2-1-3-5-16)20(12-13-28)18-8-11-21(26)22(27)14-18/h1-11,14,20,23,28H,12-13,15H2/t20-,23+/m0/s1. The average molecular weight is 414 g/mol. The van der Waals surface area contributed by atoms with Crippen molar-refractivity contribution >= 4 is 5.97 Å². The smallest absolute Gasteiger partial charge is 0.314 e. The number of rotatable bonds is 8. The average Bonchev–Trinajstić information content (AvgIpc) is 2.76. The first-order chi connectivity index (χ1) is 14.5. The van der Waals surface area contributed by atoms with Gasteiger partial charge in [0.05, 0.1) is 5.92 Å². The first kappa shape index (κ1) is 21.6. The third-order valence-corrected chi connectivity index (χ3v) is 4.92. The van der Waals surface area contributed by atoms with Crippen LogP contribution >= 0.6 is 0 Å². The monoisotopic (exact) mass is 414 g/mol. The summed E-state index contributed by atoms with van der Waals surface area (Å²) < 4.78 is 46.2. The van der Waals surface area contributed by atoms with E-state index in [1.54, 1.807) is 12.1 Å². The van der Waals surface area contributed by atoms with E-state index >= 15 is 0 Å². The van der Waals surface area contributed by atoms with E-state index in [9.17, 15) is 23.1 Å². The summed E-state index contributed by atoms with van der Waals surface area (Å²) in [5.74, 6) is -4.77. The van der Waals surface area contributed by atoms with E-state index in [1.807, 2.05) is 18.2 Å². The molecule has 0 spiro atoms. The van der Waals surface area contributed by atoms with E-state index in [1.165, 1.54) is 30.3 Å². The second kappa shape index (κ2) is 10.1. The van der Waals surface area contributed by atoms with Crippen LogP contribution in [-0.4, -0.2) is 17.7 Å². The fraction of sp³-hybridized carbons (Fsp3) is 0.208. The number of esters is 1. The Hall–Kier alpha value is -3.12. The molecular weight excluding hydrogens is 393 g/mol. The van der Waals surface area contributed by atoms with Gasteiger partial charge >= 0.3 is 5.97 Å². The van der Waals surface area contributed by atoms with Gasteiger partial charge in [0.25, 0.3) is 0 Å². The summed E-state index contributed by atoms with van der Waals surface area (Å²) >= 11 is 0. The molecule has 0 fully saturated rings. The quantitative estimate of drug-likeness (QED) is 0.522. The van der Waals surface area contributed by atoms with Crippen molar-refractivity contribution < 1.29 is 27.8 Å². The third-order valence-electron chi connectivity index (χ3n) is 4.92. The van der Waals surface area contributed by atoms with Gasteiger partial charge in [0.1, 0.15) is 12.4 Å². The number of carbonyl (C=O) groups is 1. The number of aliphatic hydroxyl groups excluding tert-OH is 1. The van der Waals surface area contributed by atoms with E-state index in [2.05, 4.69) is 0 Å². The third kappa shape index (κ3) is 5.27. The van der Waals surface area contributed by atoms with E-state index in [0.717, 1.165) is 17.7 Å². The minimum atomic E-state index is -1.05. The van der Waals surface area contributed by atoms with Crippen LogP contribution in [0.4, 0.5) is 13.2 Å². The summed E-state index contributed by atoms with van der Waals surface area (Å²) in [4.78, 5) is 13.1. The molecule has 0 aliphatic rings. The van der Waals surface area contributed by atoms with Gasteiger partial charge in [-0.15, -0.1) is 0 Å². The number of halogens is 3. The Morgan fingerprint density at radius 1 is 0.867 bits per heavy atom. The Kier molecular flexibility index (Phi) is 7.25. The number of hydrogen-bond donors (Lipinski definition) is 1. The topological polar surface area (TPSA) is 46.5 Å². The SMILES string of the molecule is O=C(OCc1ccccc1)[C@H](c1ccc(F)cc1)[C@@H](CCO)c1ccc(F)c(F)c1. The molecule has 0 heterocycles. The summed E-state index contributed by atoms with van der Waals surface area (Å²) in [5.41, 5.74) is 1.59. The van der Waals surface area contributed by atoms with Crippen LogP contribution in [0, 0.1) is 17.5 Å². The lowest BCUT2D eigenvalue weighted by atomic mass is 9.79. The minimum Gasteiger partial charge on any atom is -0.460 e. The second-order valence-corrected chi connectivity index (χ2v) is 6.91. The Labute approximate surface area is 172 Å². The normalized spacial score (nSPS) is 12.9. The van der Waals surface area contributed by atoms with Crippen LogP contribution in [0.2, 0.25) is 0 Å². The van der Waals surface area contributed by atoms with Gasteiger partial charge in [-0.1, -0.05) is 48.5 Å². The number of hydrogen-bond acceptors (Lipinski definition) is 3. The maximum absolute atomic E-state index is 13.9. The van der Waals surface area contributed by atoms with Crippen molar-refractivity contribution in [3.05, 3.63) is 107 Å². The van der Waals surface area contributed by atoms with Gasteiger partial charge in [-0.05, 0) is 47.4 Å². The molecule has 0 bridgehead atoms. The van der Waals surface area contributed by atoms with Crippen molar-refractivity contribution in [2.75, 3.05) is 6.61 Å². The molecule has 30 heavy (non-hydrogen) atoms. The van der Waals surface area contributed by atoms with Gasteiger partial charge in [0.15, 0.2) is 11.6 Å². The molecule has 0 radical (unpaired) electrons. The minimum absolute atomic E-state index is 0.0288. The summed E-state index contributed by atoms with van der Waals surface area (Å²) in [7, 11) is 0. The highest BCUT2D eigenvalue weighted by atomic mass is 19.2. The van der Waals surface area contributed by atoms with E-state index in [-0.39, 0.29) is 19.6 Å². The highest BCUT2D eigenvalue weighted by Gasteiger charge is 2.33. The predicted molar refractivity (Wildman–Crippen MR) is 106 cm³/mol. The van der Waals surface area contributed by atoms with Crippen molar-refractivity contribution in [1.29, 1.82) is 0 Å². The molecule has 0 amide bonds. The Morgan fingerprint density at radius 2 is 1.53 bits per heavy atom. The predicted octanol–water partition coefficient (Wildman–Crippen LogP) is 5.10. The lowest BCUT2D eigenvalue weighted by Gasteiger charge is -2.26. The van der Waals surface area contributed by atoms with Gasteiger partial charge in [-0.2, -0.15) is 0 Å². The van der Waals surface area contributed by atoms with Crippen LogP contribution in [0.1, 0.15) is 34.9 Å². The molecule has 3 rings (SSSR count). The van der Waals surface area contributed by atoms with Crippen molar-refractivity contribution in [2.45, 2.75) is 24.9 Å². The molecule has 1 N–H and O–H groups in total. The number of ether oxygens (including phenoxy) is 1. The lowest BCUT2D eigenvalue weighted by Crippen LogP contribution is -2.24. The molecule has 0 aliphatic carbocycles. The van der Waals surface area contributed by atoms with Gasteiger partial charge < -0.3 is 9.84 Å². The maximum atomic E-state index is 13.9. The maximum Gasteiger partial charge on any atom is 0.314 e. The second-order valence-electron chi connectivity index (χ2n) is 6.91. The largest absolute Gasteiger partial charge is 0.460 e. The molecule has 0 aliphatic heterocycles. The number of benzene rings is 3. The van der Waals surface area contributed by atoms with Gasteiger partial charge in [-0.25, -0.2) is 13.2 Å². The molecule has 3 aromatic carbocycles. The summed E-state index contributed by atoms with van der Waals surface area (Å²) in [6, 6.07) is 17.8. The van der Waals surface area contributed by atoms with Crippen LogP contribution in [0.15, 0.2) is 72.8 Å². The molecule has 0 saturated carbocycles. The van der Waals surface area contributed by atoms with Gasteiger partial charge in [-0.3, -0.25) is 4.79 Å². The van der Waals surface area contributed by atoms with E-state index in [4.69, 9.17) is 4.74 Å². The van der Waals surface area contributed by atoms with Crippen LogP contribution in [-0.2, 0) is 16.1 Å². The van der Waals surface area contributed by atoms with Crippen molar-refractivity contribution in [3.8, 4) is 0 Å². The molecule has 0 unspecified atom stereocenters. The highest BCUT2D eigenvalue weighted by Crippen LogP contribution is 2.37. The number of carbonyl (C=O) groups excluding carboxylic acids is 1. The van der Waals surface area contributed by atoms with Crippen molar-refractivity contribution in [3.63, 3.8) is 0 Å². The van der Waals surface area contributed by atoms with Gasteiger partial charge in [0, 0.05) is 12.5 Å². The Balaban J connectivity index is 1.96. The van der Waals surface area contributed by atoms with Crippen LogP contribution in [0.5, 0.6) is 0 Å². The molecule has 3 aromatic rings. The van der Waals surface area contributed by atoms with Crippen LogP contribution in [0.25, 0.3) is 0 Å². The molecule has 0 aromatic heterocycles. The van der Waals surface area contributed by atoms with Crippen molar-refractivity contribution in [2.24, 2.45) is 0 Å². The van der Waals surface area contributed by atoms with Crippen molar-refractivity contribution in [1.82, 2.24) is 0 Å². The number of aliphatic hydroxyl groups is 1. The highest BCUT2D eigenvalue weighted by molar-refractivity contribution is 5.79. The molecular formula is C24H21F3O3.